The Morgan fingerprint density at radius 2 is 1.56 bits per heavy atom. The van der Waals surface area contributed by atoms with E-state index in [1.54, 1.807) is 62.3 Å². The van der Waals surface area contributed by atoms with E-state index in [0.717, 1.165) is 9.80 Å². The molecule has 1 saturated heterocycles. The lowest BCUT2D eigenvalue weighted by atomic mass is 10.2. The van der Waals surface area contributed by atoms with Crippen molar-refractivity contribution in [2.75, 3.05) is 39.6 Å². The van der Waals surface area contributed by atoms with Crippen LogP contribution in [0.1, 0.15) is 62.3 Å². The fourth-order valence-corrected chi connectivity index (χ4v) is 4.69. The lowest BCUT2D eigenvalue weighted by Gasteiger charge is -2.36. The molecule has 0 aromatic carbocycles. The van der Waals surface area contributed by atoms with Crippen LogP contribution in [-0.4, -0.2) is 95.5 Å². The smallest absolute Gasteiger partial charge is 0.465 e. The molecule has 36 heavy (non-hydrogen) atoms. The van der Waals surface area contributed by atoms with Gasteiger partial charge in [-0.2, -0.15) is 0 Å². The predicted molar refractivity (Wildman–Crippen MR) is 128 cm³/mol. The van der Waals surface area contributed by atoms with Crippen molar-refractivity contribution in [2.45, 2.75) is 85.2 Å². The number of hydrogen-bond donors (Lipinski definition) is 1. The highest BCUT2D eigenvalue weighted by Gasteiger charge is 2.38. The Kier molecular flexibility index (Phi) is 11.2. The van der Waals surface area contributed by atoms with Crippen LogP contribution in [-0.2, 0) is 37.1 Å². The van der Waals surface area contributed by atoms with Crippen LogP contribution in [0.3, 0.4) is 0 Å². The fourth-order valence-electron chi connectivity index (χ4n) is 3.02. The number of nitrogens with zero attached hydrogens (tertiary/aromatic N) is 2. The Morgan fingerprint density at radius 1 is 1.00 bits per heavy atom. The van der Waals surface area contributed by atoms with Crippen molar-refractivity contribution >= 4 is 26.0 Å². The summed E-state index contributed by atoms with van der Waals surface area (Å²) in [6, 6.07) is -0.744. The van der Waals surface area contributed by atoms with Crippen molar-refractivity contribution in [1.82, 2.24) is 9.80 Å². The monoisotopic (exact) mass is 540 g/mol. The summed E-state index contributed by atoms with van der Waals surface area (Å²) in [4.78, 5) is 39.0. The molecule has 13 nitrogen and oxygen atoms in total. The van der Waals surface area contributed by atoms with Crippen molar-refractivity contribution in [2.24, 2.45) is 0 Å². The largest absolute Gasteiger partial charge is 0.478 e. The highest BCUT2D eigenvalue weighted by atomic mass is 31.2. The molecule has 1 rings (SSSR count). The van der Waals surface area contributed by atoms with Crippen molar-refractivity contribution in [1.29, 1.82) is 0 Å². The van der Waals surface area contributed by atoms with Crippen molar-refractivity contribution < 1.29 is 51.8 Å². The molecule has 1 atom stereocenters. The average molecular weight is 541 g/mol. The first kappa shape index (κ1) is 32.1. The Hall–Kier alpha value is -1.92. The first-order chi connectivity index (χ1) is 16.2. The molecule has 1 N–H and O–H groups in total. The van der Waals surface area contributed by atoms with Gasteiger partial charge in [0.1, 0.15) is 12.1 Å². The second-order valence-electron chi connectivity index (χ2n) is 11.2. The molecule has 0 radical (unpaired) electrons. The summed E-state index contributed by atoms with van der Waals surface area (Å²) >= 11 is 0. The quantitative estimate of drug-likeness (QED) is 0.258. The van der Waals surface area contributed by atoms with E-state index in [-0.39, 0.29) is 26.3 Å². The number of ether oxygens (including phenoxy) is 3. The van der Waals surface area contributed by atoms with Gasteiger partial charge >= 0.3 is 26.0 Å². The molecule has 1 heterocycles. The normalized spacial score (nSPS) is 17.5. The summed E-state index contributed by atoms with van der Waals surface area (Å²) in [5.41, 5.74) is -2.60. The van der Waals surface area contributed by atoms with E-state index in [1.165, 1.54) is 0 Å². The molecule has 1 unspecified atom stereocenters. The molecule has 1 fully saturated rings. The Labute approximate surface area is 212 Å². The molecule has 0 aromatic rings. The number of morpholine rings is 1. The minimum Gasteiger partial charge on any atom is -0.465 e. The standard InChI is InChI=1S/C22H41N2O11P/c1-20(2,3)33-17(25)13-23(12-16-14-30-11-10-24(16)18(26)27)19(28)31-15-32-36(29,34-21(4,5)6)35-22(7,8)9/h16H,10-15H2,1-9H3,(H,26,27). The third-order valence-electron chi connectivity index (χ3n) is 4.07. The molecule has 0 aromatic heterocycles. The Bertz CT molecular complexity index is 794. The van der Waals surface area contributed by atoms with Gasteiger partial charge < -0.3 is 19.3 Å². The van der Waals surface area contributed by atoms with Crippen LogP contribution >= 0.6 is 7.82 Å². The second-order valence-corrected chi connectivity index (χ2v) is 12.7. The summed E-state index contributed by atoms with van der Waals surface area (Å²) < 4.78 is 45.1. The number of hydrogen-bond acceptors (Lipinski definition) is 10. The molecule has 0 aliphatic carbocycles. The van der Waals surface area contributed by atoms with Gasteiger partial charge in [0, 0.05) is 13.1 Å². The van der Waals surface area contributed by atoms with E-state index < -0.39 is 62.2 Å². The third kappa shape index (κ3) is 12.9. The van der Waals surface area contributed by atoms with Gasteiger partial charge in [0.25, 0.3) is 0 Å². The van der Waals surface area contributed by atoms with Crippen molar-refractivity contribution in [3.63, 3.8) is 0 Å². The van der Waals surface area contributed by atoms with Gasteiger partial charge in [-0.3, -0.25) is 23.6 Å². The van der Waals surface area contributed by atoms with Gasteiger partial charge in [-0.05, 0) is 62.3 Å². The molecular formula is C22H41N2O11P. The summed E-state index contributed by atoms with van der Waals surface area (Å²) in [6.45, 7) is 13.8. The van der Waals surface area contributed by atoms with Gasteiger partial charge in [-0.25, -0.2) is 18.7 Å². The second kappa shape index (κ2) is 12.6. The first-order valence-corrected chi connectivity index (χ1v) is 13.0. The predicted octanol–water partition coefficient (Wildman–Crippen LogP) is 3.86. The van der Waals surface area contributed by atoms with Crippen LogP contribution in [0.25, 0.3) is 0 Å². The Morgan fingerprint density at radius 3 is 2.03 bits per heavy atom. The molecule has 0 saturated carbocycles. The van der Waals surface area contributed by atoms with Gasteiger partial charge in [0.05, 0.1) is 30.5 Å². The lowest BCUT2D eigenvalue weighted by molar-refractivity contribution is -0.156. The Balaban J connectivity index is 2.98. The SMILES string of the molecule is CC(C)(C)OC(=O)CN(CC1COCCN1C(=O)O)C(=O)OCOP(=O)(OC(C)(C)C)OC(C)(C)C. The lowest BCUT2D eigenvalue weighted by Crippen LogP contribution is -2.55. The van der Waals surface area contributed by atoms with E-state index in [0.29, 0.717) is 0 Å². The van der Waals surface area contributed by atoms with E-state index in [1.807, 2.05) is 0 Å². The highest BCUT2D eigenvalue weighted by molar-refractivity contribution is 7.48. The van der Waals surface area contributed by atoms with Crippen LogP contribution in [0.5, 0.6) is 0 Å². The van der Waals surface area contributed by atoms with E-state index in [4.69, 9.17) is 27.8 Å². The van der Waals surface area contributed by atoms with E-state index in [9.17, 15) is 24.1 Å². The molecule has 210 valence electrons. The summed E-state index contributed by atoms with van der Waals surface area (Å²) in [6.07, 6.45) is -2.20. The number of esters is 1. The number of carboxylic acid groups (broad SMARTS) is 1. The van der Waals surface area contributed by atoms with Gasteiger partial charge in [0.2, 0.25) is 6.79 Å². The van der Waals surface area contributed by atoms with E-state index in [2.05, 4.69) is 0 Å². The minimum absolute atomic E-state index is 0.0228. The number of amides is 2. The van der Waals surface area contributed by atoms with Gasteiger partial charge in [-0.15, -0.1) is 0 Å². The molecule has 2 amide bonds. The topological polar surface area (TPSA) is 150 Å². The molecule has 0 spiro atoms. The summed E-state index contributed by atoms with van der Waals surface area (Å²) in [5.74, 6) is -0.725. The van der Waals surface area contributed by atoms with Gasteiger partial charge in [-0.1, -0.05) is 0 Å². The van der Waals surface area contributed by atoms with Crippen molar-refractivity contribution in [3.05, 3.63) is 0 Å². The summed E-state index contributed by atoms with van der Waals surface area (Å²) in [5, 5.41) is 9.48. The highest BCUT2D eigenvalue weighted by Crippen LogP contribution is 2.55. The third-order valence-corrected chi connectivity index (χ3v) is 6.03. The van der Waals surface area contributed by atoms with Crippen LogP contribution in [0.2, 0.25) is 0 Å². The number of phosphoric ester groups is 1. The minimum atomic E-state index is -4.16. The molecule has 14 heteroatoms. The summed E-state index contributed by atoms with van der Waals surface area (Å²) in [7, 11) is -4.16. The van der Waals surface area contributed by atoms with Crippen molar-refractivity contribution in [3.8, 4) is 0 Å². The number of carbonyl (C=O) groups excluding carboxylic acids is 2. The van der Waals surface area contributed by atoms with Gasteiger partial charge in [0.15, 0.2) is 0 Å². The molecule has 1 aliphatic rings. The van der Waals surface area contributed by atoms with Crippen LogP contribution in [0.4, 0.5) is 9.59 Å². The molecular weight excluding hydrogens is 499 g/mol. The van der Waals surface area contributed by atoms with Crippen LogP contribution in [0.15, 0.2) is 0 Å². The zero-order chi connectivity index (χ0) is 27.9. The molecule has 0 bridgehead atoms. The maximum atomic E-state index is 13.1. The average Bonchev–Trinajstić information content (AvgIpc) is 2.62. The number of rotatable bonds is 9. The number of carbonyl (C=O) groups is 3. The number of phosphoric acid groups is 1. The maximum absolute atomic E-state index is 13.1. The zero-order valence-electron chi connectivity index (χ0n) is 22.7. The molecule has 1 aliphatic heterocycles. The van der Waals surface area contributed by atoms with Crippen LogP contribution < -0.4 is 0 Å². The van der Waals surface area contributed by atoms with E-state index >= 15 is 0 Å². The maximum Gasteiger partial charge on any atom is 0.478 e. The zero-order valence-corrected chi connectivity index (χ0v) is 23.6. The fraction of sp³-hybridized carbons (Fsp3) is 0.864. The van der Waals surface area contributed by atoms with Crippen LogP contribution in [0, 0.1) is 0 Å². The first-order valence-electron chi connectivity index (χ1n) is 11.6.